The van der Waals surface area contributed by atoms with Crippen LogP contribution in [0.3, 0.4) is 0 Å². The minimum Gasteiger partial charge on any atom is -0.467 e. The van der Waals surface area contributed by atoms with Crippen LogP contribution in [-0.2, 0) is 20.7 Å². The Morgan fingerprint density at radius 1 is 0.923 bits per heavy atom. The van der Waals surface area contributed by atoms with Gasteiger partial charge in [0.1, 0.15) is 23.5 Å². The summed E-state index contributed by atoms with van der Waals surface area (Å²) in [5.41, 5.74) is 3.52. The predicted octanol–water partition coefficient (Wildman–Crippen LogP) is 5.47. The first-order valence-electron chi connectivity index (χ1n) is 12.4. The molecule has 0 fully saturated rings. The fourth-order valence-electron chi connectivity index (χ4n) is 4.00. The van der Waals surface area contributed by atoms with E-state index < -0.39 is 30.1 Å². The zero-order valence-electron chi connectivity index (χ0n) is 21.8. The van der Waals surface area contributed by atoms with Crippen LogP contribution in [0.15, 0.2) is 89.5 Å². The number of anilines is 1. The lowest BCUT2D eigenvalue weighted by Crippen LogP contribution is -2.43. The molecule has 1 unspecified atom stereocenters. The number of nitrogens with zero attached hydrogens (tertiary/aromatic N) is 1. The highest BCUT2D eigenvalue weighted by Gasteiger charge is 2.24. The number of aryl methyl sites for hydroxylation is 1. The number of carbonyl (C=O) groups is 3. The number of esters is 1. The van der Waals surface area contributed by atoms with Gasteiger partial charge in [-0.05, 0) is 37.1 Å². The summed E-state index contributed by atoms with van der Waals surface area (Å²) in [6.45, 7) is 3.48. The van der Waals surface area contributed by atoms with Crippen molar-refractivity contribution < 1.29 is 28.4 Å². The molecule has 1 heterocycles. The Bertz CT molecular complexity index is 1420. The summed E-state index contributed by atoms with van der Waals surface area (Å²) in [7, 11) is 1.28. The van der Waals surface area contributed by atoms with Crippen LogP contribution in [0, 0.1) is 6.92 Å². The van der Waals surface area contributed by atoms with Crippen LogP contribution in [0.1, 0.15) is 40.2 Å². The van der Waals surface area contributed by atoms with Crippen molar-refractivity contribution in [3.05, 3.63) is 107 Å². The quantitative estimate of drug-likeness (QED) is 0.277. The first-order chi connectivity index (χ1) is 18.9. The number of hydrogen-bond acceptors (Lipinski definition) is 7. The minimum atomic E-state index is -0.846. The molecule has 1 aromatic heterocycles. The molecule has 2 N–H and O–H groups in total. The summed E-state index contributed by atoms with van der Waals surface area (Å²) in [5.74, 6) is -0.649. The van der Waals surface area contributed by atoms with Gasteiger partial charge in [-0.2, -0.15) is 0 Å². The number of rotatable bonds is 9. The molecule has 0 bridgehead atoms. The maximum absolute atomic E-state index is 12.9. The van der Waals surface area contributed by atoms with Crippen molar-refractivity contribution in [3.8, 4) is 11.3 Å². The maximum Gasteiger partial charge on any atom is 0.412 e. The van der Waals surface area contributed by atoms with Crippen LogP contribution in [0.4, 0.5) is 10.5 Å². The number of nitrogens with one attached hydrogen (secondary N) is 2. The number of hydrogen-bond donors (Lipinski definition) is 2. The molecule has 2 atom stereocenters. The molecule has 0 radical (unpaired) electrons. The van der Waals surface area contributed by atoms with Crippen LogP contribution < -0.4 is 10.6 Å². The van der Waals surface area contributed by atoms with Crippen molar-refractivity contribution in [2.45, 2.75) is 32.4 Å². The second-order valence-electron chi connectivity index (χ2n) is 8.87. The van der Waals surface area contributed by atoms with Gasteiger partial charge in [-0.15, -0.1) is 0 Å². The molecule has 4 aromatic rings. The number of methoxy groups -OCH3 is 1. The van der Waals surface area contributed by atoms with Gasteiger partial charge >= 0.3 is 12.1 Å². The summed E-state index contributed by atoms with van der Waals surface area (Å²) >= 11 is 0. The van der Waals surface area contributed by atoms with Gasteiger partial charge in [0.25, 0.3) is 5.91 Å². The molecule has 0 aliphatic rings. The van der Waals surface area contributed by atoms with E-state index in [0.29, 0.717) is 34.7 Å². The molecule has 3 aromatic carbocycles. The highest BCUT2D eigenvalue weighted by atomic mass is 16.6. The molecular weight excluding hydrogens is 498 g/mol. The van der Waals surface area contributed by atoms with E-state index in [1.165, 1.54) is 7.11 Å². The zero-order valence-corrected chi connectivity index (χ0v) is 21.8. The van der Waals surface area contributed by atoms with E-state index in [1.54, 1.807) is 38.1 Å². The highest BCUT2D eigenvalue weighted by Crippen LogP contribution is 2.31. The van der Waals surface area contributed by atoms with E-state index in [-0.39, 0.29) is 0 Å². The lowest BCUT2D eigenvalue weighted by atomic mass is 10.0. The number of ether oxygens (including phenoxy) is 2. The molecule has 9 heteroatoms. The zero-order chi connectivity index (χ0) is 27.8. The lowest BCUT2D eigenvalue weighted by Gasteiger charge is -2.17. The van der Waals surface area contributed by atoms with E-state index in [1.807, 2.05) is 60.7 Å². The molecule has 200 valence electrons. The van der Waals surface area contributed by atoms with Crippen molar-refractivity contribution in [2.75, 3.05) is 12.4 Å². The van der Waals surface area contributed by atoms with E-state index in [2.05, 4.69) is 15.8 Å². The lowest BCUT2D eigenvalue weighted by molar-refractivity contribution is -0.142. The van der Waals surface area contributed by atoms with Crippen molar-refractivity contribution in [1.29, 1.82) is 0 Å². The van der Waals surface area contributed by atoms with Gasteiger partial charge in [0.15, 0.2) is 5.76 Å². The first kappa shape index (κ1) is 27.1. The number of carbonyl (C=O) groups excluding carboxylic acids is 3. The second kappa shape index (κ2) is 12.6. The Morgan fingerprint density at radius 3 is 2.21 bits per heavy atom. The summed E-state index contributed by atoms with van der Waals surface area (Å²) in [6, 6.07) is 24.4. The molecule has 0 saturated carbocycles. The third-order valence-electron chi connectivity index (χ3n) is 6.13. The van der Waals surface area contributed by atoms with Crippen molar-refractivity contribution in [3.63, 3.8) is 0 Å². The molecule has 0 aliphatic carbocycles. The number of benzene rings is 3. The fourth-order valence-corrected chi connectivity index (χ4v) is 4.00. The summed E-state index contributed by atoms with van der Waals surface area (Å²) in [6.07, 6.45) is -0.812. The molecule has 0 aliphatic heterocycles. The Morgan fingerprint density at radius 2 is 1.56 bits per heavy atom. The largest absolute Gasteiger partial charge is 0.467 e. The summed E-state index contributed by atoms with van der Waals surface area (Å²) in [4.78, 5) is 37.8. The fraction of sp³-hybridized carbons (Fsp3) is 0.200. The average Bonchev–Trinajstić information content (AvgIpc) is 3.32. The molecule has 4 rings (SSSR count). The molecule has 0 spiro atoms. The van der Waals surface area contributed by atoms with Gasteiger partial charge in [0.05, 0.1) is 7.11 Å². The molecule has 2 amide bonds. The van der Waals surface area contributed by atoms with Crippen LogP contribution in [0.5, 0.6) is 0 Å². The van der Waals surface area contributed by atoms with Gasteiger partial charge in [0.2, 0.25) is 0 Å². The Kier molecular flexibility index (Phi) is 8.73. The molecular formula is C30H29N3O6. The second-order valence-corrected chi connectivity index (χ2v) is 8.87. The Balaban J connectivity index is 1.44. The first-order valence-corrected chi connectivity index (χ1v) is 12.4. The van der Waals surface area contributed by atoms with E-state index in [4.69, 9.17) is 14.0 Å². The van der Waals surface area contributed by atoms with Crippen LogP contribution in [0.25, 0.3) is 11.3 Å². The van der Waals surface area contributed by atoms with Crippen LogP contribution >= 0.6 is 0 Å². The summed E-state index contributed by atoms with van der Waals surface area (Å²) < 4.78 is 15.8. The van der Waals surface area contributed by atoms with E-state index in [9.17, 15) is 14.4 Å². The van der Waals surface area contributed by atoms with Gasteiger partial charge in [0, 0.05) is 17.5 Å². The van der Waals surface area contributed by atoms with Crippen molar-refractivity contribution >= 4 is 23.7 Å². The van der Waals surface area contributed by atoms with E-state index in [0.717, 1.165) is 11.1 Å². The summed E-state index contributed by atoms with van der Waals surface area (Å²) in [5, 5.41) is 9.43. The highest BCUT2D eigenvalue weighted by molar-refractivity contribution is 5.97. The smallest absolute Gasteiger partial charge is 0.412 e. The van der Waals surface area contributed by atoms with Crippen molar-refractivity contribution in [1.82, 2.24) is 10.5 Å². The number of aromatic nitrogens is 1. The monoisotopic (exact) mass is 527 g/mol. The molecule has 39 heavy (non-hydrogen) atoms. The average molecular weight is 528 g/mol. The van der Waals surface area contributed by atoms with Gasteiger partial charge in [-0.3, -0.25) is 10.1 Å². The molecule has 0 saturated heterocycles. The topological polar surface area (TPSA) is 120 Å². The maximum atomic E-state index is 12.9. The SMILES string of the molecule is COC(=O)C(Cc1ccccc1)NC(=O)c1ccc(-c2onc(C)c2NC(=O)O[C@H](C)c2ccccc2)cc1. The standard InChI is InChI=1S/C30H29N3O6/c1-19-26(32-30(36)38-20(2)22-12-8-5-9-13-22)27(39-33-19)23-14-16-24(17-15-23)28(34)31-25(29(35)37-3)18-21-10-6-4-7-11-21/h4-17,20,25H,18H2,1-3H3,(H,31,34)(H,32,36)/t20-,25?/m1/s1. The predicted molar refractivity (Wildman–Crippen MR) is 145 cm³/mol. The molecule has 9 nitrogen and oxygen atoms in total. The van der Waals surface area contributed by atoms with Crippen molar-refractivity contribution in [2.24, 2.45) is 0 Å². The third-order valence-corrected chi connectivity index (χ3v) is 6.13. The van der Waals surface area contributed by atoms with Gasteiger partial charge < -0.3 is 19.3 Å². The van der Waals surface area contributed by atoms with Crippen LogP contribution in [-0.4, -0.2) is 36.3 Å². The normalized spacial score (nSPS) is 12.2. The third kappa shape index (κ3) is 6.89. The minimum absolute atomic E-state index is 0.294. The van der Waals surface area contributed by atoms with Gasteiger partial charge in [-0.25, -0.2) is 9.59 Å². The number of amides is 2. The Hall–Kier alpha value is -4.92. The Labute approximate surface area is 226 Å². The van der Waals surface area contributed by atoms with Crippen LogP contribution in [0.2, 0.25) is 0 Å². The van der Waals surface area contributed by atoms with Gasteiger partial charge in [-0.1, -0.05) is 78.0 Å². The van der Waals surface area contributed by atoms with E-state index >= 15 is 0 Å².